The number of ether oxygens (including phenoxy) is 2. The van der Waals surface area contributed by atoms with Crippen LogP contribution in [0.4, 0.5) is 4.79 Å². The Hall–Kier alpha value is -2.44. The summed E-state index contributed by atoms with van der Waals surface area (Å²) in [4.78, 5) is 24.5. The zero-order chi connectivity index (χ0) is 20.8. The number of nitrogens with one attached hydrogen (secondary N) is 3. The van der Waals surface area contributed by atoms with Crippen LogP contribution in [0.25, 0.3) is 0 Å². The van der Waals surface area contributed by atoms with Crippen molar-refractivity contribution >= 4 is 11.9 Å². The molecule has 2 fully saturated rings. The van der Waals surface area contributed by atoms with Gasteiger partial charge in [0, 0.05) is 19.0 Å². The summed E-state index contributed by atoms with van der Waals surface area (Å²) in [5.41, 5.74) is 1.07. The van der Waals surface area contributed by atoms with Crippen molar-refractivity contribution < 1.29 is 19.1 Å². The van der Waals surface area contributed by atoms with Crippen LogP contribution in [0.3, 0.4) is 0 Å². The van der Waals surface area contributed by atoms with E-state index >= 15 is 0 Å². The van der Waals surface area contributed by atoms with Crippen LogP contribution in [0, 0.1) is 5.92 Å². The maximum Gasteiger partial charge on any atom is 0.315 e. The minimum atomic E-state index is -0.116. The number of hydrogen-bond donors (Lipinski definition) is 3. The van der Waals surface area contributed by atoms with Gasteiger partial charge >= 0.3 is 6.03 Å². The van der Waals surface area contributed by atoms with Crippen LogP contribution in [-0.2, 0) is 4.79 Å². The number of fused-ring (bicyclic) bond motifs is 1. The minimum absolute atomic E-state index is 0.0101. The van der Waals surface area contributed by atoms with Crippen molar-refractivity contribution in [2.75, 3.05) is 19.8 Å². The zero-order valence-electron chi connectivity index (χ0n) is 17.6. The van der Waals surface area contributed by atoms with Crippen LogP contribution in [-0.4, -0.2) is 37.7 Å². The fourth-order valence-electron chi connectivity index (χ4n) is 4.34. The van der Waals surface area contributed by atoms with Crippen LogP contribution in [0.15, 0.2) is 18.2 Å². The number of hydrogen-bond acceptors (Lipinski definition) is 4. The van der Waals surface area contributed by atoms with Crippen molar-refractivity contribution in [2.45, 2.75) is 69.9 Å². The molecule has 1 heterocycles. The van der Waals surface area contributed by atoms with E-state index in [-0.39, 0.29) is 18.0 Å². The molecule has 1 atom stereocenters. The first-order chi connectivity index (χ1) is 14.7. The van der Waals surface area contributed by atoms with Crippen molar-refractivity contribution in [3.05, 3.63) is 23.8 Å². The normalized spacial score (nSPS) is 19.6. The van der Waals surface area contributed by atoms with Gasteiger partial charge in [0.15, 0.2) is 11.5 Å². The molecule has 3 amide bonds. The predicted octanol–water partition coefficient (Wildman–Crippen LogP) is 3.44. The standard InChI is InChI=1S/C23H33N3O4/c27-21(7-4-12-24-23(28)25-18-5-2-1-3-6-18)26-22(16-8-9-16)17-10-11-19-20(15-17)30-14-13-29-19/h10-11,15-16,18,22H,1-9,12-14H2,(H,26,27)(H2,24,25,28). The molecule has 0 saturated heterocycles. The molecule has 1 aliphatic heterocycles. The van der Waals surface area contributed by atoms with Crippen molar-refractivity contribution in [1.29, 1.82) is 0 Å². The third-order valence-corrected chi connectivity index (χ3v) is 6.14. The van der Waals surface area contributed by atoms with Gasteiger partial charge in [-0.2, -0.15) is 0 Å². The Morgan fingerprint density at radius 3 is 2.53 bits per heavy atom. The minimum Gasteiger partial charge on any atom is -0.486 e. The third-order valence-electron chi connectivity index (χ3n) is 6.14. The van der Waals surface area contributed by atoms with Crippen LogP contribution in [0.2, 0.25) is 0 Å². The molecule has 4 rings (SSSR count). The third kappa shape index (κ3) is 5.80. The molecule has 1 aromatic rings. The average molecular weight is 416 g/mol. The Bertz CT molecular complexity index is 744. The molecule has 0 radical (unpaired) electrons. The van der Waals surface area contributed by atoms with Gasteiger partial charge in [-0.25, -0.2) is 4.79 Å². The molecular weight excluding hydrogens is 382 g/mol. The molecule has 0 aromatic heterocycles. The molecule has 164 valence electrons. The summed E-state index contributed by atoms with van der Waals surface area (Å²) < 4.78 is 11.3. The van der Waals surface area contributed by atoms with Crippen LogP contribution in [0.5, 0.6) is 11.5 Å². The fraction of sp³-hybridized carbons (Fsp3) is 0.652. The van der Waals surface area contributed by atoms with E-state index in [1.165, 1.54) is 19.3 Å². The van der Waals surface area contributed by atoms with E-state index < -0.39 is 0 Å². The molecule has 0 spiro atoms. The SMILES string of the molecule is O=C(CCCNC(=O)NC1CCCCC1)NC(c1ccc2c(c1)OCCO2)C1CC1. The quantitative estimate of drug-likeness (QED) is 0.568. The second-order valence-corrected chi connectivity index (χ2v) is 8.62. The lowest BCUT2D eigenvalue weighted by Gasteiger charge is -2.23. The van der Waals surface area contributed by atoms with E-state index in [0.717, 1.165) is 42.7 Å². The Balaban J connectivity index is 1.20. The maximum absolute atomic E-state index is 12.5. The van der Waals surface area contributed by atoms with Gasteiger partial charge in [0.1, 0.15) is 13.2 Å². The van der Waals surface area contributed by atoms with Gasteiger partial charge in [-0.05, 0) is 55.7 Å². The summed E-state index contributed by atoms with van der Waals surface area (Å²) in [7, 11) is 0. The lowest BCUT2D eigenvalue weighted by atomic mass is 9.96. The van der Waals surface area contributed by atoms with Crippen molar-refractivity contribution in [2.24, 2.45) is 5.92 Å². The molecule has 2 saturated carbocycles. The molecule has 3 N–H and O–H groups in total. The summed E-state index contributed by atoms with van der Waals surface area (Å²) in [6.07, 6.45) is 9.07. The van der Waals surface area contributed by atoms with Crippen molar-refractivity contribution in [1.82, 2.24) is 16.0 Å². The van der Waals surface area contributed by atoms with E-state index in [0.29, 0.717) is 44.6 Å². The maximum atomic E-state index is 12.5. The smallest absolute Gasteiger partial charge is 0.315 e. The van der Waals surface area contributed by atoms with E-state index in [9.17, 15) is 9.59 Å². The zero-order valence-corrected chi connectivity index (χ0v) is 17.6. The highest BCUT2D eigenvalue weighted by molar-refractivity contribution is 5.77. The predicted molar refractivity (Wildman–Crippen MR) is 114 cm³/mol. The molecule has 3 aliphatic rings. The largest absolute Gasteiger partial charge is 0.486 e. The fourth-order valence-corrected chi connectivity index (χ4v) is 4.34. The van der Waals surface area contributed by atoms with E-state index in [4.69, 9.17) is 9.47 Å². The summed E-state index contributed by atoms with van der Waals surface area (Å²) in [6, 6.07) is 6.14. The highest BCUT2D eigenvalue weighted by Crippen LogP contribution is 2.43. The van der Waals surface area contributed by atoms with E-state index in [2.05, 4.69) is 16.0 Å². The Morgan fingerprint density at radius 2 is 1.77 bits per heavy atom. The number of carbonyl (C=O) groups is 2. The van der Waals surface area contributed by atoms with Crippen LogP contribution < -0.4 is 25.4 Å². The van der Waals surface area contributed by atoms with Crippen molar-refractivity contribution in [3.63, 3.8) is 0 Å². The van der Waals surface area contributed by atoms with E-state index in [1.54, 1.807) is 0 Å². The lowest BCUT2D eigenvalue weighted by molar-refractivity contribution is -0.122. The topological polar surface area (TPSA) is 88.7 Å². The first-order valence-corrected chi connectivity index (χ1v) is 11.4. The summed E-state index contributed by atoms with van der Waals surface area (Å²) in [6.45, 7) is 1.63. The molecule has 30 heavy (non-hydrogen) atoms. The molecule has 7 heteroatoms. The van der Waals surface area contributed by atoms with Gasteiger partial charge < -0.3 is 25.4 Å². The first-order valence-electron chi connectivity index (χ1n) is 11.4. The van der Waals surface area contributed by atoms with Gasteiger partial charge in [-0.15, -0.1) is 0 Å². The Morgan fingerprint density at radius 1 is 1.00 bits per heavy atom. The second kappa shape index (κ2) is 10.0. The van der Waals surface area contributed by atoms with Gasteiger partial charge in [-0.1, -0.05) is 25.3 Å². The van der Waals surface area contributed by atoms with Gasteiger partial charge in [0.25, 0.3) is 0 Å². The molecule has 7 nitrogen and oxygen atoms in total. The molecule has 2 aliphatic carbocycles. The van der Waals surface area contributed by atoms with Gasteiger partial charge in [-0.3, -0.25) is 4.79 Å². The number of amides is 3. The second-order valence-electron chi connectivity index (χ2n) is 8.62. The average Bonchev–Trinajstić information content (AvgIpc) is 3.61. The summed E-state index contributed by atoms with van der Waals surface area (Å²) in [5.74, 6) is 2.03. The first kappa shape index (κ1) is 20.8. The van der Waals surface area contributed by atoms with Gasteiger partial charge in [0.2, 0.25) is 5.91 Å². The summed E-state index contributed by atoms with van der Waals surface area (Å²) in [5, 5.41) is 9.11. The number of carbonyl (C=O) groups excluding carboxylic acids is 2. The number of benzene rings is 1. The molecule has 1 unspecified atom stereocenters. The van der Waals surface area contributed by atoms with Crippen LogP contribution in [0.1, 0.15) is 69.4 Å². The molecular formula is C23H33N3O4. The molecule has 1 aromatic carbocycles. The highest BCUT2D eigenvalue weighted by Gasteiger charge is 2.34. The van der Waals surface area contributed by atoms with Gasteiger partial charge in [0.05, 0.1) is 6.04 Å². The summed E-state index contributed by atoms with van der Waals surface area (Å²) >= 11 is 0. The lowest BCUT2D eigenvalue weighted by Crippen LogP contribution is -2.43. The Kier molecular flexibility index (Phi) is 6.97. The van der Waals surface area contributed by atoms with Crippen LogP contribution >= 0.6 is 0 Å². The molecule has 0 bridgehead atoms. The van der Waals surface area contributed by atoms with Crippen molar-refractivity contribution in [3.8, 4) is 11.5 Å². The highest BCUT2D eigenvalue weighted by atomic mass is 16.6. The van der Waals surface area contributed by atoms with E-state index in [1.807, 2.05) is 18.2 Å². The Labute approximate surface area is 178 Å². The number of rotatable bonds is 8. The number of urea groups is 1. The monoisotopic (exact) mass is 415 g/mol.